The fourth-order valence-corrected chi connectivity index (χ4v) is 1.30. The molecule has 0 aromatic carbocycles. The molecule has 0 N–H and O–H groups in total. The summed E-state index contributed by atoms with van der Waals surface area (Å²) in [6, 6.07) is 4.76. The van der Waals surface area contributed by atoms with E-state index in [-0.39, 0.29) is 11.4 Å². The van der Waals surface area contributed by atoms with Crippen LogP contribution in [0.5, 0.6) is 0 Å². The van der Waals surface area contributed by atoms with Crippen molar-refractivity contribution in [3.63, 3.8) is 0 Å². The minimum Gasteiger partial charge on any atom is -0.285 e. The highest BCUT2D eigenvalue weighted by molar-refractivity contribution is 5.42. The van der Waals surface area contributed by atoms with Crippen molar-refractivity contribution in [2.24, 2.45) is 0 Å². The second-order valence-corrected chi connectivity index (χ2v) is 3.17. The van der Waals surface area contributed by atoms with E-state index < -0.39 is 12.6 Å². The first kappa shape index (κ1) is 10.4. The molecular formula is C9H5F3N4. The van der Waals surface area contributed by atoms with E-state index in [4.69, 9.17) is 5.26 Å². The Kier molecular flexibility index (Phi) is 2.27. The van der Waals surface area contributed by atoms with Crippen molar-refractivity contribution in [2.45, 2.75) is 12.6 Å². The van der Waals surface area contributed by atoms with Gasteiger partial charge in [0, 0.05) is 6.20 Å². The largest absolute Gasteiger partial charge is 0.396 e. The van der Waals surface area contributed by atoms with Crippen LogP contribution in [0.1, 0.15) is 11.4 Å². The number of aromatic nitrogens is 3. The van der Waals surface area contributed by atoms with Crippen LogP contribution in [-0.2, 0) is 6.42 Å². The van der Waals surface area contributed by atoms with Gasteiger partial charge in [-0.3, -0.25) is 4.40 Å². The molecule has 0 unspecified atom stereocenters. The first-order valence-corrected chi connectivity index (χ1v) is 4.30. The van der Waals surface area contributed by atoms with Crippen molar-refractivity contribution in [1.82, 2.24) is 14.6 Å². The maximum Gasteiger partial charge on any atom is 0.396 e. The summed E-state index contributed by atoms with van der Waals surface area (Å²) in [7, 11) is 0. The molecule has 2 heterocycles. The fraction of sp³-hybridized carbons (Fsp3) is 0.222. The van der Waals surface area contributed by atoms with Gasteiger partial charge < -0.3 is 0 Å². The van der Waals surface area contributed by atoms with Gasteiger partial charge in [-0.25, -0.2) is 0 Å². The lowest BCUT2D eigenvalue weighted by atomic mass is 10.3. The molecule has 0 atom stereocenters. The van der Waals surface area contributed by atoms with Gasteiger partial charge in [0.15, 0.2) is 5.65 Å². The van der Waals surface area contributed by atoms with Crippen LogP contribution < -0.4 is 0 Å². The number of halogens is 3. The third kappa shape index (κ3) is 1.95. The highest BCUT2D eigenvalue weighted by atomic mass is 19.4. The van der Waals surface area contributed by atoms with Crippen LogP contribution in [0.2, 0.25) is 0 Å². The van der Waals surface area contributed by atoms with Crippen LogP contribution in [0, 0.1) is 11.3 Å². The lowest BCUT2D eigenvalue weighted by molar-refractivity contribution is -0.128. The van der Waals surface area contributed by atoms with E-state index in [9.17, 15) is 13.2 Å². The molecule has 2 aromatic heterocycles. The predicted octanol–water partition coefficient (Wildman–Crippen LogP) is 1.71. The molecule has 0 aliphatic rings. The zero-order valence-electron chi connectivity index (χ0n) is 7.86. The van der Waals surface area contributed by atoms with E-state index in [1.165, 1.54) is 22.7 Å². The molecule has 7 heteroatoms. The Morgan fingerprint density at radius 2 is 2.06 bits per heavy atom. The zero-order chi connectivity index (χ0) is 11.8. The van der Waals surface area contributed by atoms with E-state index in [0.29, 0.717) is 5.65 Å². The van der Waals surface area contributed by atoms with E-state index in [1.54, 1.807) is 0 Å². The Hall–Kier alpha value is -2.10. The van der Waals surface area contributed by atoms with Gasteiger partial charge in [0.2, 0.25) is 0 Å². The Morgan fingerprint density at radius 3 is 2.69 bits per heavy atom. The summed E-state index contributed by atoms with van der Waals surface area (Å²) in [4.78, 5) is 0. The van der Waals surface area contributed by atoms with Crippen LogP contribution in [-0.4, -0.2) is 20.8 Å². The summed E-state index contributed by atoms with van der Waals surface area (Å²) >= 11 is 0. The maximum atomic E-state index is 12.2. The average molecular weight is 226 g/mol. The summed E-state index contributed by atoms with van der Waals surface area (Å²) in [6.45, 7) is 0. The molecule has 0 saturated carbocycles. The fourth-order valence-electron chi connectivity index (χ4n) is 1.30. The van der Waals surface area contributed by atoms with Crippen LogP contribution in [0.3, 0.4) is 0 Å². The molecule has 2 rings (SSSR count). The number of fused-ring (bicyclic) bond motifs is 1. The van der Waals surface area contributed by atoms with Gasteiger partial charge in [0.1, 0.15) is 18.3 Å². The summed E-state index contributed by atoms with van der Waals surface area (Å²) in [6.07, 6.45) is -4.22. The number of nitrogens with zero attached hydrogens (tertiary/aromatic N) is 4. The molecule has 0 saturated heterocycles. The van der Waals surface area contributed by atoms with E-state index >= 15 is 0 Å². The van der Waals surface area contributed by atoms with Crippen molar-refractivity contribution >= 4 is 5.65 Å². The normalized spacial score (nSPS) is 11.6. The molecule has 0 amide bonds. The standard InChI is InChI=1S/C9H5F3N4/c10-9(11,12)3-8-15-14-7-2-1-6(4-13)5-16(7)8/h1-2,5H,3H2. The lowest BCUT2D eigenvalue weighted by Gasteiger charge is -2.04. The minimum atomic E-state index is -4.34. The predicted molar refractivity (Wildman–Crippen MR) is 47.5 cm³/mol. The van der Waals surface area contributed by atoms with E-state index in [2.05, 4.69) is 10.2 Å². The highest BCUT2D eigenvalue weighted by Gasteiger charge is 2.30. The average Bonchev–Trinajstić information content (AvgIpc) is 2.58. The lowest BCUT2D eigenvalue weighted by Crippen LogP contribution is -2.14. The SMILES string of the molecule is N#Cc1ccc2nnc(CC(F)(F)F)n2c1. The Morgan fingerprint density at radius 1 is 1.31 bits per heavy atom. The number of alkyl halides is 3. The van der Waals surface area contributed by atoms with Crippen molar-refractivity contribution in [2.75, 3.05) is 0 Å². The van der Waals surface area contributed by atoms with Gasteiger partial charge in [-0.2, -0.15) is 18.4 Å². The van der Waals surface area contributed by atoms with Crippen LogP contribution in [0.15, 0.2) is 18.3 Å². The molecule has 0 radical (unpaired) electrons. The summed E-state index contributed by atoms with van der Waals surface area (Å²) in [5.41, 5.74) is 0.550. The number of hydrogen-bond donors (Lipinski definition) is 0. The first-order valence-electron chi connectivity index (χ1n) is 4.30. The third-order valence-electron chi connectivity index (χ3n) is 1.96. The molecule has 16 heavy (non-hydrogen) atoms. The minimum absolute atomic E-state index is 0.223. The molecule has 0 aliphatic heterocycles. The van der Waals surface area contributed by atoms with Crippen molar-refractivity contribution in [3.8, 4) is 6.07 Å². The molecule has 82 valence electrons. The summed E-state index contributed by atoms with van der Waals surface area (Å²) in [5.74, 6) is -0.223. The van der Waals surface area contributed by atoms with Gasteiger partial charge >= 0.3 is 6.18 Å². The number of rotatable bonds is 1. The van der Waals surface area contributed by atoms with Crippen molar-refractivity contribution in [1.29, 1.82) is 5.26 Å². The summed E-state index contributed by atoms with van der Waals surface area (Å²) in [5, 5.41) is 15.7. The van der Waals surface area contributed by atoms with Gasteiger partial charge in [-0.05, 0) is 12.1 Å². The molecule has 0 bridgehead atoms. The molecule has 2 aromatic rings. The quantitative estimate of drug-likeness (QED) is 0.743. The molecule has 4 nitrogen and oxygen atoms in total. The monoisotopic (exact) mass is 226 g/mol. The van der Waals surface area contributed by atoms with Gasteiger partial charge in [0.05, 0.1) is 5.56 Å². The Bertz CT molecular complexity index is 564. The number of hydrogen-bond acceptors (Lipinski definition) is 3. The van der Waals surface area contributed by atoms with Crippen molar-refractivity contribution in [3.05, 3.63) is 29.7 Å². The maximum absolute atomic E-state index is 12.2. The molecule has 0 fully saturated rings. The smallest absolute Gasteiger partial charge is 0.285 e. The van der Waals surface area contributed by atoms with Crippen LogP contribution in [0.25, 0.3) is 5.65 Å². The first-order chi connectivity index (χ1) is 7.49. The van der Waals surface area contributed by atoms with Crippen molar-refractivity contribution < 1.29 is 13.2 Å². The van der Waals surface area contributed by atoms with Gasteiger partial charge in [-0.1, -0.05) is 0 Å². The molecule has 0 spiro atoms. The van der Waals surface area contributed by atoms with Gasteiger partial charge in [-0.15, -0.1) is 10.2 Å². The Labute approximate surface area is 87.9 Å². The van der Waals surface area contributed by atoms with Crippen LogP contribution in [0.4, 0.5) is 13.2 Å². The number of nitriles is 1. The Balaban J connectivity index is 2.51. The van der Waals surface area contributed by atoms with Gasteiger partial charge in [0.25, 0.3) is 0 Å². The molecular weight excluding hydrogens is 221 g/mol. The summed E-state index contributed by atoms with van der Waals surface area (Å²) < 4.78 is 37.7. The zero-order valence-corrected chi connectivity index (χ0v) is 7.86. The third-order valence-corrected chi connectivity index (χ3v) is 1.96. The highest BCUT2D eigenvalue weighted by Crippen LogP contribution is 2.20. The second kappa shape index (κ2) is 3.48. The topological polar surface area (TPSA) is 54.0 Å². The van der Waals surface area contributed by atoms with Crippen LogP contribution >= 0.6 is 0 Å². The second-order valence-electron chi connectivity index (χ2n) is 3.17. The number of pyridine rings is 1. The van der Waals surface area contributed by atoms with E-state index in [1.807, 2.05) is 6.07 Å². The molecule has 0 aliphatic carbocycles. The van der Waals surface area contributed by atoms with E-state index in [0.717, 1.165) is 0 Å².